The van der Waals surface area contributed by atoms with Gasteiger partial charge in [-0.3, -0.25) is 4.79 Å². The van der Waals surface area contributed by atoms with Gasteiger partial charge >= 0.3 is 0 Å². The summed E-state index contributed by atoms with van der Waals surface area (Å²) in [4.78, 5) is 11.1. The standard InChI is InChI=1S/C10H20N2O2/c1-8(10(13)11-2)14-7-9-3-5-12-6-4-9/h8-9,12H,3-7H2,1-2H3,(H,11,13). The fourth-order valence-corrected chi connectivity index (χ4v) is 1.61. The molecule has 0 aliphatic carbocycles. The van der Waals surface area contributed by atoms with Gasteiger partial charge in [0.15, 0.2) is 0 Å². The molecule has 0 saturated carbocycles. The first-order chi connectivity index (χ1) is 6.74. The number of ether oxygens (including phenoxy) is 1. The molecule has 2 N–H and O–H groups in total. The fourth-order valence-electron chi connectivity index (χ4n) is 1.61. The summed E-state index contributed by atoms with van der Waals surface area (Å²) >= 11 is 0. The zero-order valence-electron chi connectivity index (χ0n) is 9.01. The topological polar surface area (TPSA) is 50.4 Å². The lowest BCUT2D eigenvalue weighted by Crippen LogP contribution is -2.35. The molecule has 82 valence electrons. The molecule has 4 heteroatoms. The van der Waals surface area contributed by atoms with E-state index in [-0.39, 0.29) is 12.0 Å². The van der Waals surface area contributed by atoms with Crippen LogP contribution < -0.4 is 10.6 Å². The number of carbonyl (C=O) groups is 1. The van der Waals surface area contributed by atoms with Gasteiger partial charge in [-0.05, 0) is 38.8 Å². The number of piperidine rings is 1. The van der Waals surface area contributed by atoms with Gasteiger partial charge < -0.3 is 15.4 Å². The van der Waals surface area contributed by atoms with E-state index in [1.54, 1.807) is 14.0 Å². The normalized spacial score (nSPS) is 20.4. The highest BCUT2D eigenvalue weighted by molar-refractivity contribution is 5.79. The average Bonchev–Trinajstić information content (AvgIpc) is 2.26. The second-order valence-corrected chi connectivity index (χ2v) is 3.78. The van der Waals surface area contributed by atoms with E-state index in [2.05, 4.69) is 10.6 Å². The maximum absolute atomic E-state index is 11.1. The van der Waals surface area contributed by atoms with Crippen molar-refractivity contribution < 1.29 is 9.53 Å². The molecule has 1 rings (SSSR count). The van der Waals surface area contributed by atoms with E-state index in [1.165, 1.54) is 0 Å². The highest BCUT2D eigenvalue weighted by Crippen LogP contribution is 2.12. The molecule has 14 heavy (non-hydrogen) atoms. The van der Waals surface area contributed by atoms with Gasteiger partial charge in [0.05, 0.1) is 6.61 Å². The maximum Gasteiger partial charge on any atom is 0.248 e. The van der Waals surface area contributed by atoms with Gasteiger partial charge in [-0.2, -0.15) is 0 Å². The molecule has 0 radical (unpaired) electrons. The Kier molecular flexibility index (Phi) is 4.90. The maximum atomic E-state index is 11.1. The van der Waals surface area contributed by atoms with E-state index in [9.17, 15) is 4.79 Å². The molecule has 0 spiro atoms. The van der Waals surface area contributed by atoms with E-state index in [1.807, 2.05) is 0 Å². The molecule has 1 aliphatic heterocycles. The van der Waals surface area contributed by atoms with Crippen molar-refractivity contribution in [3.05, 3.63) is 0 Å². The van der Waals surface area contributed by atoms with Crippen LogP contribution in [0.4, 0.5) is 0 Å². The first-order valence-electron chi connectivity index (χ1n) is 5.28. The van der Waals surface area contributed by atoms with E-state index in [0.717, 1.165) is 25.9 Å². The van der Waals surface area contributed by atoms with Crippen LogP contribution in [0.15, 0.2) is 0 Å². The molecule has 1 amide bonds. The molecular weight excluding hydrogens is 180 g/mol. The number of hydrogen-bond donors (Lipinski definition) is 2. The van der Waals surface area contributed by atoms with E-state index >= 15 is 0 Å². The number of amides is 1. The molecule has 1 aliphatic rings. The van der Waals surface area contributed by atoms with Crippen LogP contribution in [0, 0.1) is 5.92 Å². The second-order valence-electron chi connectivity index (χ2n) is 3.78. The first-order valence-corrected chi connectivity index (χ1v) is 5.28. The van der Waals surface area contributed by atoms with Gasteiger partial charge in [0, 0.05) is 7.05 Å². The smallest absolute Gasteiger partial charge is 0.248 e. The fraction of sp³-hybridized carbons (Fsp3) is 0.900. The summed E-state index contributed by atoms with van der Waals surface area (Å²) in [5.74, 6) is 0.572. The van der Waals surface area contributed by atoms with E-state index < -0.39 is 0 Å². The Hall–Kier alpha value is -0.610. The zero-order chi connectivity index (χ0) is 10.4. The predicted molar refractivity (Wildman–Crippen MR) is 55.1 cm³/mol. The third-order valence-electron chi connectivity index (χ3n) is 2.66. The largest absolute Gasteiger partial charge is 0.368 e. The Labute approximate surface area is 85.4 Å². The van der Waals surface area contributed by atoms with Crippen molar-refractivity contribution in [3.8, 4) is 0 Å². The second kappa shape index (κ2) is 5.98. The lowest BCUT2D eigenvalue weighted by Gasteiger charge is -2.23. The van der Waals surface area contributed by atoms with Crippen molar-refractivity contribution in [2.24, 2.45) is 5.92 Å². The molecule has 1 unspecified atom stereocenters. The molecule has 0 aromatic heterocycles. The summed E-state index contributed by atoms with van der Waals surface area (Å²) in [5.41, 5.74) is 0. The molecule has 0 bridgehead atoms. The average molecular weight is 200 g/mol. The molecular formula is C10H20N2O2. The molecule has 1 fully saturated rings. The van der Waals surface area contributed by atoms with Crippen molar-refractivity contribution in [1.29, 1.82) is 0 Å². The Balaban J connectivity index is 2.15. The van der Waals surface area contributed by atoms with Crippen LogP contribution in [-0.2, 0) is 9.53 Å². The number of carbonyl (C=O) groups excluding carboxylic acids is 1. The van der Waals surface area contributed by atoms with Crippen molar-refractivity contribution in [3.63, 3.8) is 0 Å². The lowest BCUT2D eigenvalue weighted by atomic mass is 9.99. The lowest BCUT2D eigenvalue weighted by molar-refractivity contribution is -0.132. The third-order valence-corrected chi connectivity index (χ3v) is 2.66. The summed E-state index contributed by atoms with van der Waals surface area (Å²) in [6.45, 7) is 4.64. The molecule has 4 nitrogen and oxygen atoms in total. The summed E-state index contributed by atoms with van der Waals surface area (Å²) in [6, 6.07) is 0. The summed E-state index contributed by atoms with van der Waals surface area (Å²) < 4.78 is 5.49. The quantitative estimate of drug-likeness (QED) is 0.678. The highest BCUT2D eigenvalue weighted by Gasteiger charge is 2.17. The number of rotatable bonds is 4. The van der Waals surface area contributed by atoms with Crippen LogP contribution in [0.5, 0.6) is 0 Å². The minimum Gasteiger partial charge on any atom is -0.368 e. The van der Waals surface area contributed by atoms with Crippen LogP contribution in [-0.4, -0.2) is 38.8 Å². The van der Waals surface area contributed by atoms with Gasteiger partial charge in [0.25, 0.3) is 0 Å². The van der Waals surface area contributed by atoms with Crippen molar-refractivity contribution in [2.45, 2.75) is 25.9 Å². The minimum atomic E-state index is -0.324. The van der Waals surface area contributed by atoms with Gasteiger partial charge in [0.2, 0.25) is 5.91 Å². The highest BCUT2D eigenvalue weighted by atomic mass is 16.5. The van der Waals surface area contributed by atoms with Crippen LogP contribution in [0.25, 0.3) is 0 Å². The van der Waals surface area contributed by atoms with Gasteiger partial charge in [-0.1, -0.05) is 0 Å². The SMILES string of the molecule is CNC(=O)C(C)OCC1CCNCC1. The molecule has 0 aromatic carbocycles. The third kappa shape index (κ3) is 3.64. The predicted octanol–water partition coefficient (Wildman–Crippen LogP) is 0.137. The Morgan fingerprint density at radius 2 is 2.21 bits per heavy atom. The van der Waals surface area contributed by atoms with Crippen molar-refractivity contribution in [2.75, 3.05) is 26.7 Å². The summed E-state index contributed by atoms with van der Waals surface area (Å²) in [7, 11) is 1.63. The summed E-state index contributed by atoms with van der Waals surface area (Å²) in [5, 5.41) is 5.88. The van der Waals surface area contributed by atoms with E-state index in [0.29, 0.717) is 12.5 Å². The molecule has 0 aromatic rings. The Morgan fingerprint density at radius 3 is 2.79 bits per heavy atom. The number of likely N-dealkylation sites (N-methyl/N-ethyl adjacent to an activating group) is 1. The summed E-state index contributed by atoms with van der Waals surface area (Å²) in [6.07, 6.45) is 1.98. The first kappa shape index (κ1) is 11.5. The Morgan fingerprint density at radius 1 is 1.57 bits per heavy atom. The molecule has 1 heterocycles. The van der Waals surface area contributed by atoms with Crippen LogP contribution in [0.3, 0.4) is 0 Å². The van der Waals surface area contributed by atoms with E-state index in [4.69, 9.17) is 4.74 Å². The van der Waals surface area contributed by atoms with Gasteiger partial charge in [0.1, 0.15) is 6.10 Å². The van der Waals surface area contributed by atoms with Crippen molar-refractivity contribution in [1.82, 2.24) is 10.6 Å². The van der Waals surface area contributed by atoms with Gasteiger partial charge in [-0.15, -0.1) is 0 Å². The molecule has 1 saturated heterocycles. The number of hydrogen-bond acceptors (Lipinski definition) is 3. The monoisotopic (exact) mass is 200 g/mol. The Bertz CT molecular complexity index is 179. The zero-order valence-corrected chi connectivity index (χ0v) is 9.01. The molecule has 1 atom stereocenters. The van der Waals surface area contributed by atoms with Crippen LogP contribution >= 0.6 is 0 Å². The van der Waals surface area contributed by atoms with Crippen LogP contribution in [0.1, 0.15) is 19.8 Å². The van der Waals surface area contributed by atoms with Crippen LogP contribution in [0.2, 0.25) is 0 Å². The number of nitrogens with one attached hydrogen (secondary N) is 2. The van der Waals surface area contributed by atoms with Gasteiger partial charge in [-0.25, -0.2) is 0 Å². The minimum absolute atomic E-state index is 0.0427. The van der Waals surface area contributed by atoms with Crippen molar-refractivity contribution >= 4 is 5.91 Å².